The highest BCUT2D eigenvalue weighted by molar-refractivity contribution is 5.76. The molecular formula is C20H26FN3O2. The number of H-pyrrole nitrogens is 1. The van der Waals surface area contributed by atoms with E-state index in [2.05, 4.69) is 12.0 Å². The number of nitrogens with one attached hydrogen (secondary N) is 1. The molecule has 26 heavy (non-hydrogen) atoms. The molecule has 0 bridgehead atoms. The predicted octanol–water partition coefficient (Wildman–Crippen LogP) is 3.19. The molecule has 1 N–H and O–H groups in total. The third-order valence-electron chi connectivity index (χ3n) is 5.32. The molecule has 1 aliphatic carbocycles. The van der Waals surface area contributed by atoms with Crippen LogP contribution < -0.4 is 5.56 Å². The van der Waals surface area contributed by atoms with E-state index in [-0.39, 0.29) is 23.3 Å². The Balaban J connectivity index is 1.73. The van der Waals surface area contributed by atoms with Gasteiger partial charge >= 0.3 is 0 Å². The fourth-order valence-electron chi connectivity index (χ4n) is 3.55. The van der Waals surface area contributed by atoms with Gasteiger partial charge < -0.3 is 4.90 Å². The van der Waals surface area contributed by atoms with Crippen molar-refractivity contribution in [3.05, 3.63) is 51.7 Å². The summed E-state index contributed by atoms with van der Waals surface area (Å²) in [7, 11) is 0. The molecule has 3 rings (SSSR count). The molecule has 140 valence electrons. The van der Waals surface area contributed by atoms with Crippen LogP contribution in [0.4, 0.5) is 4.39 Å². The fraction of sp³-hybridized carbons (Fsp3) is 0.500. The number of carbonyl (C=O) groups is 1. The number of hydrogen-bond donors (Lipinski definition) is 1. The lowest BCUT2D eigenvalue weighted by molar-refractivity contribution is -0.133. The molecule has 5 nitrogen and oxygen atoms in total. The van der Waals surface area contributed by atoms with Gasteiger partial charge in [-0.15, -0.1) is 0 Å². The van der Waals surface area contributed by atoms with Crippen LogP contribution in [0.2, 0.25) is 0 Å². The van der Waals surface area contributed by atoms with Gasteiger partial charge in [-0.2, -0.15) is 0 Å². The number of halogens is 1. The van der Waals surface area contributed by atoms with Gasteiger partial charge in [-0.25, -0.2) is 9.07 Å². The number of aryl methyl sites for hydroxylation is 1. The first-order valence-corrected chi connectivity index (χ1v) is 9.28. The van der Waals surface area contributed by atoms with Crippen molar-refractivity contribution >= 4 is 5.91 Å². The topological polar surface area (TPSA) is 58.1 Å². The van der Waals surface area contributed by atoms with Crippen molar-refractivity contribution in [1.29, 1.82) is 0 Å². The highest BCUT2D eigenvalue weighted by Crippen LogP contribution is 2.35. The second-order valence-corrected chi connectivity index (χ2v) is 7.09. The summed E-state index contributed by atoms with van der Waals surface area (Å²) >= 11 is 0. The zero-order chi connectivity index (χ0) is 18.8. The van der Waals surface area contributed by atoms with Gasteiger partial charge in [0.15, 0.2) is 0 Å². The Morgan fingerprint density at radius 3 is 2.58 bits per heavy atom. The van der Waals surface area contributed by atoms with E-state index in [1.165, 1.54) is 29.7 Å². The molecule has 1 aliphatic rings. The standard InChI is InChI=1S/C20H26FN3O2/c1-4-23(14(3)15-5-6-15)19(25)12-11-18-13(2)22-24(20(18)26)17-9-7-16(21)8-10-17/h7-10,14-15,22H,4-6,11-12H2,1-3H3. The Morgan fingerprint density at radius 2 is 2.00 bits per heavy atom. The fourth-order valence-corrected chi connectivity index (χ4v) is 3.55. The Morgan fingerprint density at radius 1 is 1.35 bits per heavy atom. The van der Waals surface area contributed by atoms with E-state index in [9.17, 15) is 14.0 Å². The van der Waals surface area contributed by atoms with Crippen LogP contribution in [0.5, 0.6) is 0 Å². The summed E-state index contributed by atoms with van der Waals surface area (Å²) in [4.78, 5) is 27.2. The number of hydrogen-bond acceptors (Lipinski definition) is 2. The lowest BCUT2D eigenvalue weighted by Crippen LogP contribution is -2.40. The summed E-state index contributed by atoms with van der Waals surface area (Å²) in [6, 6.07) is 6.02. The van der Waals surface area contributed by atoms with Crippen molar-refractivity contribution in [3.63, 3.8) is 0 Å². The Labute approximate surface area is 152 Å². The maximum atomic E-state index is 13.1. The first-order valence-electron chi connectivity index (χ1n) is 9.28. The SMILES string of the molecule is CCN(C(=O)CCc1c(C)[nH]n(-c2ccc(F)cc2)c1=O)C(C)C1CC1. The Hall–Kier alpha value is -2.37. The van der Waals surface area contributed by atoms with Gasteiger partial charge in [0, 0.05) is 30.3 Å². The van der Waals surface area contributed by atoms with Crippen molar-refractivity contribution in [1.82, 2.24) is 14.7 Å². The van der Waals surface area contributed by atoms with Crippen LogP contribution in [0, 0.1) is 18.7 Å². The molecular weight excluding hydrogens is 333 g/mol. The molecule has 1 aromatic heterocycles. The minimum Gasteiger partial charge on any atom is -0.340 e. The van der Waals surface area contributed by atoms with Gasteiger partial charge in [-0.3, -0.25) is 14.7 Å². The molecule has 1 unspecified atom stereocenters. The molecule has 1 fully saturated rings. The van der Waals surface area contributed by atoms with Gasteiger partial charge in [0.2, 0.25) is 5.91 Å². The second kappa shape index (κ2) is 7.48. The van der Waals surface area contributed by atoms with Crippen LogP contribution in [-0.4, -0.2) is 33.2 Å². The molecule has 1 amide bonds. The minimum absolute atomic E-state index is 0.0974. The third-order valence-corrected chi connectivity index (χ3v) is 5.32. The van der Waals surface area contributed by atoms with Crippen molar-refractivity contribution in [2.24, 2.45) is 5.92 Å². The molecule has 0 aliphatic heterocycles. The van der Waals surface area contributed by atoms with Crippen molar-refractivity contribution in [2.45, 2.75) is 52.5 Å². The molecule has 0 saturated heterocycles. The van der Waals surface area contributed by atoms with E-state index in [1.807, 2.05) is 18.7 Å². The number of nitrogens with zero attached hydrogens (tertiary/aromatic N) is 2. The lowest BCUT2D eigenvalue weighted by Gasteiger charge is -2.28. The average molecular weight is 359 g/mol. The molecule has 1 heterocycles. The molecule has 1 atom stereocenters. The van der Waals surface area contributed by atoms with Gasteiger partial charge in [-0.05, 0) is 70.2 Å². The minimum atomic E-state index is -0.347. The van der Waals surface area contributed by atoms with E-state index >= 15 is 0 Å². The van der Waals surface area contributed by atoms with Crippen molar-refractivity contribution in [2.75, 3.05) is 6.54 Å². The summed E-state index contributed by atoms with van der Waals surface area (Å²) in [5.41, 5.74) is 1.75. The number of carbonyl (C=O) groups excluding carboxylic acids is 1. The van der Waals surface area contributed by atoms with E-state index in [0.29, 0.717) is 36.6 Å². The average Bonchev–Trinajstić information content (AvgIpc) is 3.42. The monoisotopic (exact) mass is 359 g/mol. The Bertz CT molecular complexity index is 834. The normalized spacial score (nSPS) is 15.1. The molecule has 1 saturated carbocycles. The van der Waals surface area contributed by atoms with Crippen LogP contribution in [0.15, 0.2) is 29.1 Å². The van der Waals surface area contributed by atoms with E-state index in [1.54, 1.807) is 12.1 Å². The summed E-state index contributed by atoms with van der Waals surface area (Å²) < 4.78 is 14.5. The molecule has 0 spiro atoms. The first-order chi connectivity index (χ1) is 12.4. The first kappa shape index (κ1) is 18.4. The van der Waals surface area contributed by atoms with Gasteiger partial charge in [0.05, 0.1) is 5.69 Å². The van der Waals surface area contributed by atoms with Crippen LogP contribution >= 0.6 is 0 Å². The van der Waals surface area contributed by atoms with Gasteiger partial charge in [-0.1, -0.05) is 0 Å². The lowest BCUT2D eigenvalue weighted by atomic mass is 10.1. The highest BCUT2D eigenvalue weighted by atomic mass is 19.1. The van der Waals surface area contributed by atoms with Crippen molar-refractivity contribution in [3.8, 4) is 5.69 Å². The van der Waals surface area contributed by atoms with Crippen LogP contribution in [-0.2, 0) is 11.2 Å². The zero-order valence-electron chi connectivity index (χ0n) is 15.6. The molecule has 6 heteroatoms. The predicted molar refractivity (Wildman–Crippen MR) is 99.0 cm³/mol. The summed E-state index contributed by atoms with van der Waals surface area (Å²) in [5.74, 6) is 0.379. The van der Waals surface area contributed by atoms with E-state index in [0.717, 1.165) is 5.69 Å². The highest BCUT2D eigenvalue weighted by Gasteiger charge is 2.33. The summed E-state index contributed by atoms with van der Waals surface area (Å²) in [6.07, 6.45) is 3.12. The van der Waals surface area contributed by atoms with Crippen molar-refractivity contribution < 1.29 is 9.18 Å². The largest absolute Gasteiger partial charge is 0.340 e. The number of amides is 1. The smallest absolute Gasteiger partial charge is 0.274 e. The van der Waals surface area contributed by atoms with Gasteiger partial charge in [0.1, 0.15) is 5.82 Å². The maximum absolute atomic E-state index is 13.1. The van der Waals surface area contributed by atoms with Crippen LogP contribution in [0.3, 0.4) is 0 Å². The summed E-state index contributed by atoms with van der Waals surface area (Å²) in [5, 5.41) is 3.02. The second-order valence-electron chi connectivity index (χ2n) is 7.09. The third kappa shape index (κ3) is 3.74. The molecule has 0 radical (unpaired) electrons. The molecule has 1 aromatic carbocycles. The van der Waals surface area contributed by atoms with E-state index in [4.69, 9.17) is 0 Å². The molecule has 2 aromatic rings. The quantitative estimate of drug-likeness (QED) is 0.825. The maximum Gasteiger partial charge on any atom is 0.274 e. The van der Waals surface area contributed by atoms with Crippen LogP contribution in [0.1, 0.15) is 44.4 Å². The number of rotatable bonds is 7. The zero-order valence-corrected chi connectivity index (χ0v) is 15.6. The number of benzene rings is 1. The Kier molecular flexibility index (Phi) is 5.30. The number of aromatic amines is 1. The van der Waals surface area contributed by atoms with Crippen LogP contribution in [0.25, 0.3) is 5.69 Å². The van der Waals surface area contributed by atoms with E-state index < -0.39 is 0 Å². The van der Waals surface area contributed by atoms with Gasteiger partial charge in [0.25, 0.3) is 5.56 Å². The number of aromatic nitrogens is 2. The summed E-state index contributed by atoms with van der Waals surface area (Å²) in [6.45, 7) is 6.63.